The number of para-hydroxylation sites is 1. The van der Waals surface area contributed by atoms with Crippen molar-refractivity contribution < 1.29 is 37.8 Å². The molecule has 6 aromatic rings. The van der Waals surface area contributed by atoms with Crippen molar-refractivity contribution in [2.24, 2.45) is 5.92 Å². The van der Waals surface area contributed by atoms with Crippen LogP contribution >= 0.6 is 11.3 Å². The Morgan fingerprint density at radius 1 is 1.00 bits per heavy atom. The normalized spacial score (nSPS) is 21.0. The van der Waals surface area contributed by atoms with Crippen LogP contribution in [0, 0.1) is 12.8 Å². The Labute approximate surface area is 397 Å². The summed E-state index contributed by atoms with van der Waals surface area (Å²) in [6, 6.07) is 19.9. The molecule has 2 unspecified atom stereocenters. The fourth-order valence-corrected chi connectivity index (χ4v) is 10.8. The number of alkyl halides is 2. The van der Waals surface area contributed by atoms with Gasteiger partial charge in [0.25, 0.3) is 5.92 Å². The lowest BCUT2D eigenvalue weighted by molar-refractivity contribution is -0.141. The van der Waals surface area contributed by atoms with E-state index in [0.717, 1.165) is 32.6 Å². The number of aliphatic hydroxyl groups excluding tert-OH is 1. The highest BCUT2D eigenvalue weighted by molar-refractivity contribution is 7.13. The van der Waals surface area contributed by atoms with Crippen LogP contribution < -0.4 is 15.0 Å². The predicted molar refractivity (Wildman–Crippen MR) is 255 cm³/mol. The van der Waals surface area contributed by atoms with Crippen LogP contribution in [0.4, 0.5) is 14.6 Å². The monoisotopic (exact) mass is 949 g/mol. The van der Waals surface area contributed by atoms with Crippen LogP contribution in [0.3, 0.4) is 0 Å². The average Bonchev–Trinajstić information content (AvgIpc) is 4.09. The highest BCUT2D eigenvalue weighted by Gasteiger charge is 2.48. The lowest BCUT2D eigenvalue weighted by Gasteiger charge is -2.46. The van der Waals surface area contributed by atoms with Crippen LogP contribution in [-0.2, 0) is 16.1 Å². The third-order valence-electron chi connectivity index (χ3n) is 13.7. The summed E-state index contributed by atoms with van der Waals surface area (Å²) in [6.45, 7) is 9.66. The number of methoxy groups -OCH3 is 1. The molecule has 3 fully saturated rings. The second kappa shape index (κ2) is 19.5. The van der Waals surface area contributed by atoms with E-state index in [1.54, 1.807) is 47.6 Å². The summed E-state index contributed by atoms with van der Waals surface area (Å²) >= 11 is 1.57. The Morgan fingerprint density at radius 2 is 1.76 bits per heavy atom. The van der Waals surface area contributed by atoms with Crippen molar-refractivity contribution in [3.8, 4) is 33.2 Å². The zero-order chi connectivity index (χ0) is 47.9. The highest BCUT2D eigenvalue weighted by atomic mass is 32.1. The van der Waals surface area contributed by atoms with E-state index in [4.69, 9.17) is 9.26 Å². The minimum atomic E-state index is -2.98. The summed E-state index contributed by atoms with van der Waals surface area (Å²) in [4.78, 5) is 40.6. The molecule has 0 aliphatic carbocycles. The van der Waals surface area contributed by atoms with Crippen LogP contribution in [0.2, 0.25) is 0 Å². The number of piperidine rings is 1. The number of benzene rings is 3. The third kappa shape index (κ3) is 9.64. The molecule has 18 heteroatoms. The number of piperazine rings is 1. The van der Waals surface area contributed by atoms with Gasteiger partial charge < -0.3 is 34.6 Å². The molecular weight excluding hydrogens is 893 g/mol. The average molecular weight is 950 g/mol. The van der Waals surface area contributed by atoms with Gasteiger partial charge in [-0.05, 0) is 67.6 Å². The number of rotatable bonds is 13. The SMILES string of the molecule is COc1cc2cc(-c3ccccc3O)nnc2cc1CN1CC[C@@H](N2CCN(c3cc(C(C(=O)N4C[C@H](O)C[C@H]4C(=O)NC(C)c4ccc(-c5scnc5C)cc4)C(C)C)on3)CC2)C(F)(F)C1. The number of fused-ring (bicyclic) bond motifs is 1. The maximum absolute atomic E-state index is 16.1. The van der Waals surface area contributed by atoms with E-state index >= 15 is 8.78 Å². The number of carbonyl (C=O) groups excluding carboxylic acids is 2. The second-order valence-corrected chi connectivity index (χ2v) is 19.4. The van der Waals surface area contributed by atoms with E-state index in [1.807, 2.05) is 91.5 Å². The lowest BCUT2D eigenvalue weighted by atomic mass is 9.91. The van der Waals surface area contributed by atoms with Crippen molar-refractivity contribution >= 4 is 39.9 Å². The molecule has 0 saturated carbocycles. The van der Waals surface area contributed by atoms with E-state index in [1.165, 1.54) is 4.90 Å². The number of aliphatic hydroxyl groups is 1. The Hall–Kier alpha value is -6.08. The molecular formula is C50H57F2N9O6S. The molecule has 3 aromatic heterocycles. The summed E-state index contributed by atoms with van der Waals surface area (Å²) in [7, 11) is 1.55. The fourth-order valence-electron chi connectivity index (χ4n) is 10.0. The maximum atomic E-state index is 16.1. The zero-order valence-corrected chi connectivity index (χ0v) is 39.6. The van der Waals surface area contributed by atoms with Crippen LogP contribution in [0.1, 0.15) is 68.2 Å². The van der Waals surface area contributed by atoms with Crippen molar-refractivity contribution in [1.82, 2.24) is 40.4 Å². The van der Waals surface area contributed by atoms with Crippen molar-refractivity contribution in [3.63, 3.8) is 0 Å². The number of hydrogen-bond acceptors (Lipinski definition) is 14. The first-order valence-electron chi connectivity index (χ1n) is 23.1. The van der Waals surface area contributed by atoms with E-state index in [9.17, 15) is 19.8 Å². The van der Waals surface area contributed by atoms with Crippen LogP contribution in [-0.4, -0.2) is 134 Å². The number of ether oxygens (including phenoxy) is 1. The number of hydrogen-bond donors (Lipinski definition) is 3. The number of aromatic nitrogens is 4. The van der Waals surface area contributed by atoms with E-state index in [2.05, 4.69) is 25.7 Å². The lowest BCUT2D eigenvalue weighted by Crippen LogP contribution is -2.61. The summed E-state index contributed by atoms with van der Waals surface area (Å²) < 4.78 is 43.8. The summed E-state index contributed by atoms with van der Waals surface area (Å²) in [5, 5.41) is 37.9. The number of nitrogens with one attached hydrogen (secondary N) is 1. The minimum Gasteiger partial charge on any atom is -0.507 e. The topological polar surface area (TPSA) is 174 Å². The molecule has 6 heterocycles. The van der Waals surface area contributed by atoms with Gasteiger partial charge in [0.1, 0.15) is 23.5 Å². The fraction of sp³-hybridized carbons (Fsp3) is 0.440. The molecule has 68 heavy (non-hydrogen) atoms. The largest absolute Gasteiger partial charge is 0.507 e. The number of phenols is 1. The number of nitrogens with zero attached hydrogens (tertiary/aromatic N) is 8. The van der Waals surface area contributed by atoms with Gasteiger partial charge >= 0.3 is 0 Å². The number of thiazole rings is 1. The molecule has 0 radical (unpaired) electrons. The zero-order valence-electron chi connectivity index (χ0n) is 38.8. The second-order valence-electron chi connectivity index (χ2n) is 18.6. The predicted octanol–water partition coefficient (Wildman–Crippen LogP) is 7.04. The van der Waals surface area contributed by atoms with Crippen molar-refractivity contribution in [3.05, 3.63) is 101 Å². The summed E-state index contributed by atoms with van der Waals surface area (Å²) in [6.07, 6.45) is -0.470. The number of halogens is 2. The van der Waals surface area contributed by atoms with Crippen LogP contribution in [0.5, 0.6) is 11.5 Å². The van der Waals surface area contributed by atoms with Gasteiger partial charge in [-0.1, -0.05) is 55.4 Å². The van der Waals surface area contributed by atoms with Gasteiger partial charge in [-0.2, -0.15) is 0 Å². The van der Waals surface area contributed by atoms with Gasteiger partial charge in [-0.3, -0.25) is 19.4 Å². The summed E-state index contributed by atoms with van der Waals surface area (Å²) in [5.41, 5.74) is 7.12. The van der Waals surface area contributed by atoms with Gasteiger partial charge in [0.15, 0.2) is 11.6 Å². The van der Waals surface area contributed by atoms with Crippen molar-refractivity contribution in [2.45, 2.75) is 83.2 Å². The van der Waals surface area contributed by atoms with Gasteiger partial charge in [-0.15, -0.1) is 21.5 Å². The van der Waals surface area contributed by atoms with E-state index in [0.29, 0.717) is 66.8 Å². The number of β-amino-alcohol motifs (C(OH)–C–C–N with tert-alkyl or cyclic N) is 1. The minimum absolute atomic E-state index is 0.0142. The van der Waals surface area contributed by atoms with Crippen molar-refractivity contribution in [2.75, 3.05) is 57.8 Å². The molecule has 3 saturated heterocycles. The molecule has 0 spiro atoms. The molecule has 3 N–H and O–H groups in total. The van der Waals surface area contributed by atoms with E-state index < -0.39 is 36.6 Å². The van der Waals surface area contributed by atoms with E-state index in [-0.39, 0.29) is 55.5 Å². The van der Waals surface area contributed by atoms with Gasteiger partial charge in [0.2, 0.25) is 11.8 Å². The van der Waals surface area contributed by atoms with Crippen LogP contribution in [0.15, 0.2) is 82.8 Å². The number of likely N-dealkylation sites (tertiary alicyclic amines) is 2. The first-order chi connectivity index (χ1) is 32.7. The first kappa shape index (κ1) is 47.0. The molecule has 3 aliphatic heterocycles. The molecule has 15 nitrogen and oxygen atoms in total. The number of phenolic OH excluding ortho intramolecular Hbond substituents is 1. The molecule has 3 aromatic carbocycles. The Bertz CT molecular complexity index is 2760. The van der Waals surface area contributed by atoms with Crippen LogP contribution in [0.25, 0.3) is 32.6 Å². The Balaban J connectivity index is 0.799. The Morgan fingerprint density at radius 3 is 2.46 bits per heavy atom. The third-order valence-corrected chi connectivity index (χ3v) is 14.7. The Kier molecular flexibility index (Phi) is 13.5. The number of aromatic hydroxyl groups is 1. The standard InChI is InChI=1S/C50H57F2N9O6S/c1-29(2)46(49(65)61-26-36(62)23-40(61)48(64)54-30(3)32-10-12-33(13-11-32)47-31(4)53-28-68-47)43-24-45(57-67-43)60-18-16-59(17-19-60)44-14-15-58(27-50(44,51)52)25-35-21-38-34(22-42(35)66-5)20-39(56-55-38)37-8-6-7-9-41(37)63/h6-13,20-22,24,28-30,36,40,44,46,62-63H,14-19,23,25-27H2,1-5H3,(H,54,64)/t30?,36-,40+,44-,46?/m1/s1. The van der Waals surface area contributed by atoms with Gasteiger partial charge in [-0.25, -0.2) is 13.8 Å². The molecule has 3 aliphatic rings. The number of aryl methyl sites for hydroxylation is 1. The van der Waals surface area contributed by atoms with Gasteiger partial charge in [0.05, 0.1) is 59.1 Å². The first-order valence-corrected chi connectivity index (χ1v) is 24.0. The highest BCUT2D eigenvalue weighted by Crippen LogP contribution is 2.38. The molecule has 9 rings (SSSR count). The smallest absolute Gasteiger partial charge is 0.275 e. The van der Waals surface area contributed by atoms with Crippen molar-refractivity contribution in [1.29, 1.82) is 0 Å². The number of amides is 2. The molecule has 2 amide bonds. The number of anilines is 1. The molecule has 358 valence electrons. The maximum Gasteiger partial charge on any atom is 0.275 e. The molecule has 5 atom stereocenters. The summed E-state index contributed by atoms with van der Waals surface area (Å²) in [5.74, 6) is -3.14. The molecule has 0 bridgehead atoms. The quantitative estimate of drug-likeness (QED) is 0.108. The number of carbonyl (C=O) groups is 2. The van der Waals surface area contributed by atoms with Gasteiger partial charge in [0, 0.05) is 74.8 Å².